The topological polar surface area (TPSA) is 120 Å². The molecule has 0 saturated heterocycles. The number of amidine groups is 1. The molecule has 2 heterocycles. The van der Waals surface area contributed by atoms with E-state index in [1.807, 2.05) is 13.8 Å². The molecule has 0 unspecified atom stereocenters. The average molecular weight is 452 g/mol. The third kappa shape index (κ3) is 4.00. The van der Waals surface area contributed by atoms with Crippen molar-refractivity contribution in [2.45, 2.75) is 88.5 Å². The van der Waals surface area contributed by atoms with Crippen LogP contribution in [0.5, 0.6) is 5.75 Å². The Kier molecular flexibility index (Phi) is 5.17. The predicted molar refractivity (Wildman–Crippen MR) is 121 cm³/mol. The van der Waals surface area contributed by atoms with Crippen molar-refractivity contribution in [2.75, 3.05) is 5.73 Å². The number of nitrogens with two attached hydrogens (primary N) is 1. The number of hydrogen-bond acceptors (Lipinski definition) is 7. The van der Waals surface area contributed by atoms with Crippen molar-refractivity contribution in [3.8, 4) is 5.75 Å². The summed E-state index contributed by atoms with van der Waals surface area (Å²) in [7, 11) is -3.83. The van der Waals surface area contributed by atoms with Gasteiger partial charge in [0.2, 0.25) is 0 Å². The molecule has 0 aromatic heterocycles. The van der Waals surface area contributed by atoms with E-state index in [1.165, 1.54) is 0 Å². The molecule has 0 fully saturated rings. The lowest BCUT2D eigenvalue weighted by Gasteiger charge is -2.45. The minimum absolute atomic E-state index is 0.0357. The molecule has 1 aromatic carbocycles. The van der Waals surface area contributed by atoms with E-state index in [0.717, 1.165) is 0 Å². The van der Waals surface area contributed by atoms with Gasteiger partial charge >= 0.3 is 6.09 Å². The molecular formula is C22H33N3O5S. The quantitative estimate of drug-likeness (QED) is 0.582. The molecule has 2 aliphatic rings. The average Bonchev–Trinajstić information content (AvgIpc) is 2.65. The number of carbonyl (C=O) groups is 1. The molecule has 0 radical (unpaired) electrons. The number of alkyl carbamates (subject to hydrolysis) is 1. The minimum atomic E-state index is -3.83. The number of fused-ring (bicyclic) bond motifs is 3. The molecule has 0 aliphatic carbocycles. The first-order valence-corrected chi connectivity index (χ1v) is 11.9. The monoisotopic (exact) mass is 451 g/mol. The molecular weight excluding hydrogens is 418 g/mol. The van der Waals surface area contributed by atoms with Gasteiger partial charge in [-0.1, -0.05) is 0 Å². The Balaban J connectivity index is 2.25. The number of sulfone groups is 1. The maximum atomic E-state index is 13.9. The third-order valence-electron chi connectivity index (χ3n) is 5.86. The minimum Gasteiger partial charge on any atom is -0.487 e. The number of benzene rings is 1. The molecule has 31 heavy (non-hydrogen) atoms. The lowest BCUT2D eigenvalue weighted by Crippen LogP contribution is -2.62. The number of nitrogens with zero attached hydrogens (tertiary/aromatic N) is 1. The van der Waals surface area contributed by atoms with Crippen LogP contribution >= 0.6 is 0 Å². The second kappa shape index (κ2) is 6.85. The SMILES string of the molecule is CC(C)(C)OC(=O)NC1=N[C@]2(C)c3cc(N)ccc3OC(C)(C)C[C@@H]2S(=O)(=O)C1(C)C. The molecule has 0 bridgehead atoms. The molecule has 3 rings (SSSR count). The maximum absolute atomic E-state index is 13.9. The summed E-state index contributed by atoms with van der Waals surface area (Å²) in [5.74, 6) is 0.563. The van der Waals surface area contributed by atoms with E-state index in [4.69, 9.17) is 20.2 Å². The maximum Gasteiger partial charge on any atom is 0.413 e. The van der Waals surface area contributed by atoms with Gasteiger partial charge in [0, 0.05) is 17.7 Å². The van der Waals surface area contributed by atoms with Gasteiger partial charge in [-0.05, 0) is 73.6 Å². The van der Waals surface area contributed by atoms with Crippen molar-refractivity contribution in [1.29, 1.82) is 0 Å². The summed E-state index contributed by atoms with van der Waals surface area (Å²) in [5, 5.41) is 1.73. The summed E-state index contributed by atoms with van der Waals surface area (Å²) in [6.07, 6.45) is -0.526. The summed E-state index contributed by atoms with van der Waals surface area (Å²) >= 11 is 0. The molecule has 2 atom stereocenters. The second-order valence-electron chi connectivity index (χ2n) is 10.6. The van der Waals surface area contributed by atoms with E-state index in [0.29, 0.717) is 17.0 Å². The van der Waals surface area contributed by atoms with E-state index in [1.54, 1.807) is 59.7 Å². The number of aliphatic imine (C=N–C) groups is 1. The number of nitrogen functional groups attached to an aromatic ring is 1. The fourth-order valence-electron chi connectivity index (χ4n) is 4.17. The first kappa shape index (κ1) is 23.4. The lowest BCUT2D eigenvalue weighted by atomic mass is 9.84. The number of nitrogens with one attached hydrogen (secondary N) is 1. The van der Waals surface area contributed by atoms with Gasteiger partial charge < -0.3 is 15.2 Å². The molecule has 1 amide bonds. The van der Waals surface area contributed by atoms with Crippen LogP contribution in [-0.2, 0) is 20.1 Å². The Morgan fingerprint density at radius 1 is 1.23 bits per heavy atom. The van der Waals surface area contributed by atoms with Crippen molar-refractivity contribution in [1.82, 2.24) is 5.32 Å². The van der Waals surface area contributed by atoms with Gasteiger partial charge in [-0.15, -0.1) is 0 Å². The largest absolute Gasteiger partial charge is 0.487 e. The summed E-state index contributed by atoms with van der Waals surface area (Å²) in [4.78, 5) is 17.4. The van der Waals surface area contributed by atoms with E-state index >= 15 is 0 Å². The fourth-order valence-corrected chi connectivity index (χ4v) is 6.65. The van der Waals surface area contributed by atoms with Crippen molar-refractivity contribution in [3.63, 3.8) is 0 Å². The van der Waals surface area contributed by atoms with Crippen molar-refractivity contribution in [2.24, 2.45) is 4.99 Å². The van der Waals surface area contributed by atoms with Crippen molar-refractivity contribution in [3.05, 3.63) is 23.8 Å². The van der Waals surface area contributed by atoms with Crippen LogP contribution in [-0.4, -0.2) is 41.5 Å². The zero-order valence-corrected chi connectivity index (χ0v) is 20.3. The highest BCUT2D eigenvalue weighted by Gasteiger charge is 2.60. The van der Waals surface area contributed by atoms with Crippen molar-refractivity contribution < 1.29 is 22.7 Å². The van der Waals surface area contributed by atoms with Gasteiger partial charge in [-0.2, -0.15) is 0 Å². The Bertz CT molecular complexity index is 1050. The zero-order chi connectivity index (χ0) is 23.6. The number of rotatable bonds is 0. The Hall–Kier alpha value is -2.29. The van der Waals surface area contributed by atoms with Crippen molar-refractivity contribution >= 4 is 27.5 Å². The van der Waals surface area contributed by atoms with Gasteiger partial charge in [-0.3, -0.25) is 10.3 Å². The van der Waals surface area contributed by atoms with Crippen LogP contribution < -0.4 is 15.8 Å². The number of anilines is 1. The van der Waals surface area contributed by atoms with Gasteiger partial charge in [-0.25, -0.2) is 13.2 Å². The van der Waals surface area contributed by atoms with E-state index in [2.05, 4.69) is 5.32 Å². The fraction of sp³-hybridized carbons (Fsp3) is 0.636. The normalized spacial score (nSPS) is 28.1. The van der Waals surface area contributed by atoms with Gasteiger partial charge in [0.15, 0.2) is 9.84 Å². The summed E-state index contributed by atoms with van der Waals surface area (Å²) < 4.78 is 38.0. The Morgan fingerprint density at radius 2 is 1.84 bits per heavy atom. The first-order valence-electron chi connectivity index (χ1n) is 10.3. The highest BCUT2D eigenvalue weighted by molar-refractivity contribution is 7.94. The third-order valence-corrected chi connectivity index (χ3v) is 8.85. The Labute approximate surface area is 184 Å². The van der Waals surface area contributed by atoms with Crippen LogP contribution in [0.1, 0.15) is 67.4 Å². The van der Waals surface area contributed by atoms with E-state index in [-0.39, 0.29) is 12.3 Å². The van der Waals surface area contributed by atoms with E-state index in [9.17, 15) is 13.2 Å². The lowest BCUT2D eigenvalue weighted by molar-refractivity contribution is 0.0560. The number of carbonyl (C=O) groups excluding carboxylic acids is 1. The van der Waals surface area contributed by atoms with Crippen LogP contribution in [0, 0.1) is 0 Å². The molecule has 3 N–H and O–H groups in total. The highest BCUT2D eigenvalue weighted by atomic mass is 32.2. The summed E-state index contributed by atoms with van der Waals surface area (Å²) in [6, 6.07) is 5.15. The number of amides is 1. The van der Waals surface area contributed by atoms with Gasteiger partial charge in [0.1, 0.15) is 33.1 Å². The van der Waals surface area contributed by atoms with Crippen LogP contribution in [0.15, 0.2) is 23.2 Å². The molecule has 8 nitrogen and oxygen atoms in total. The second-order valence-corrected chi connectivity index (χ2v) is 13.3. The van der Waals surface area contributed by atoms with Gasteiger partial charge in [0.25, 0.3) is 0 Å². The van der Waals surface area contributed by atoms with E-state index < -0.39 is 42.7 Å². The first-order chi connectivity index (χ1) is 13.9. The predicted octanol–water partition coefficient (Wildman–Crippen LogP) is 3.54. The standard InChI is InChI=1S/C22H33N3O5S/c1-19(2,3)30-18(26)24-17-21(6,7)31(27,28)16-12-20(4,5)29-15-10-9-13(23)11-14(15)22(16,8)25-17/h9-11,16H,12,23H2,1-8H3,(H,24,25,26)/t16-,22+/m0/s1. The summed E-state index contributed by atoms with van der Waals surface area (Å²) in [6.45, 7) is 13.8. The highest BCUT2D eigenvalue weighted by Crippen LogP contribution is 2.51. The van der Waals surface area contributed by atoms with Gasteiger partial charge in [0.05, 0.1) is 5.25 Å². The van der Waals surface area contributed by atoms with Crippen LogP contribution in [0.4, 0.5) is 10.5 Å². The number of hydrogen-bond donors (Lipinski definition) is 2. The molecule has 0 saturated carbocycles. The smallest absolute Gasteiger partial charge is 0.413 e. The Morgan fingerprint density at radius 3 is 2.42 bits per heavy atom. The zero-order valence-electron chi connectivity index (χ0n) is 19.5. The van der Waals surface area contributed by atoms with Crippen LogP contribution in [0.25, 0.3) is 0 Å². The molecule has 1 aromatic rings. The molecule has 0 spiro atoms. The molecule has 2 aliphatic heterocycles. The number of ether oxygens (including phenoxy) is 2. The molecule has 172 valence electrons. The summed E-state index contributed by atoms with van der Waals surface area (Å²) in [5.41, 5.74) is 4.39. The van der Waals surface area contributed by atoms with Crippen LogP contribution in [0.2, 0.25) is 0 Å². The molecule has 9 heteroatoms. The van der Waals surface area contributed by atoms with Crippen LogP contribution in [0.3, 0.4) is 0 Å².